The summed E-state index contributed by atoms with van der Waals surface area (Å²) in [7, 11) is 1.82. The Bertz CT molecular complexity index is 569. The quantitative estimate of drug-likeness (QED) is 0.879. The summed E-state index contributed by atoms with van der Waals surface area (Å²) in [5.74, 6) is 0.598. The van der Waals surface area contributed by atoms with Gasteiger partial charge in [0.1, 0.15) is 23.9 Å². The fraction of sp³-hybridized carbons (Fsp3) is 0.250. The van der Waals surface area contributed by atoms with Crippen LogP contribution in [0.5, 0.6) is 11.5 Å². The van der Waals surface area contributed by atoms with Crippen LogP contribution in [0.25, 0.3) is 0 Å². The number of phenols is 1. The average molecular weight is 275 g/mol. The second-order valence-corrected chi connectivity index (χ2v) is 4.65. The molecule has 2 rings (SSSR count). The van der Waals surface area contributed by atoms with Gasteiger partial charge in [-0.3, -0.25) is 0 Å². The van der Waals surface area contributed by atoms with Gasteiger partial charge in [-0.05, 0) is 49.9 Å². The van der Waals surface area contributed by atoms with Gasteiger partial charge >= 0.3 is 0 Å². The molecule has 106 valence electrons. The van der Waals surface area contributed by atoms with Crippen molar-refractivity contribution in [3.8, 4) is 11.5 Å². The summed E-state index contributed by atoms with van der Waals surface area (Å²) < 4.78 is 19.1. The van der Waals surface area contributed by atoms with E-state index in [0.29, 0.717) is 12.4 Å². The number of hydrogen-bond acceptors (Lipinski definition) is 3. The molecule has 20 heavy (non-hydrogen) atoms. The van der Waals surface area contributed by atoms with Gasteiger partial charge in [0.2, 0.25) is 0 Å². The van der Waals surface area contributed by atoms with Crippen LogP contribution in [0.3, 0.4) is 0 Å². The highest BCUT2D eigenvalue weighted by atomic mass is 19.1. The van der Waals surface area contributed by atoms with Gasteiger partial charge in [-0.25, -0.2) is 4.39 Å². The van der Waals surface area contributed by atoms with Crippen LogP contribution in [-0.4, -0.2) is 12.2 Å². The van der Waals surface area contributed by atoms with Gasteiger partial charge in [0.15, 0.2) is 0 Å². The summed E-state index contributed by atoms with van der Waals surface area (Å²) in [5, 5.41) is 12.3. The smallest absolute Gasteiger partial charge is 0.124 e. The first kappa shape index (κ1) is 14.3. The molecule has 2 N–H and O–H groups in total. The first-order valence-electron chi connectivity index (χ1n) is 6.47. The molecule has 0 saturated carbocycles. The molecule has 2 aromatic rings. The number of rotatable bonds is 5. The summed E-state index contributed by atoms with van der Waals surface area (Å²) in [4.78, 5) is 0. The minimum Gasteiger partial charge on any atom is -0.508 e. The van der Waals surface area contributed by atoms with Crippen LogP contribution < -0.4 is 10.1 Å². The third kappa shape index (κ3) is 3.48. The van der Waals surface area contributed by atoms with Crippen molar-refractivity contribution in [2.75, 3.05) is 7.05 Å². The lowest BCUT2D eigenvalue weighted by atomic mass is 10.1. The molecule has 0 aliphatic rings. The topological polar surface area (TPSA) is 41.5 Å². The number of hydrogen-bond donors (Lipinski definition) is 2. The molecule has 0 fully saturated rings. The fourth-order valence-electron chi connectivity index (χ4n) is 1.90. The Hall–Kier alpha value is -2.07. The van der Waals surface area contributed by atoms with E-state index < -0.39 is 0 Å². The molecule has 0 aliphatic heterocycles. The Morgan fingerprint density at radius 1 is 1.20 bits per heavy atom. The maximum Gasteiger partial charge on any atom is 0.124 e. The molecule has 0 aliphatic carbocycles. The van der Waals surface area contributed by atoms with Crippen molar-refractivity contribution in [2.24, 2.45) is 0 Å². The van der Waals surface area contributed by atoms with E-state index in [1.54, 1.807) is 30.3 Å². The highest BCUT2D eigenvalue weighted by Gasteiger charge is 2.11. The molecule has 0 saturated heterocycles. The molecule has 1 unspecified atom stereocenters. The van der Waals surface area contributed by atoms with Crippen molar-refractivity contribution in [1.29, 1.82) is 0 Å². The fourth-order valence-corrected chi connectivity index (χ4v) is 1.90. The van der Waals surface area contributed by atoms with Crippen LogP contribution in [-0.2, 0) is 6.61 Å². The van der Waals surface area contributed by atoms with Crippen LogP contribution in [0.1, 0.15) is 24.1 Å². The molecular formula is C16H18FNO2. The van der Waals surface area contributed by atoms with Crippen molar-refractivity contribution in [3.05, 3.63) is 59.4 Å². The SMILES string of the molecule is CNC(C)c1cc(F)ccc1OCc1ccc(O)cc1. The molecule has 0 radical (unpaired) electrons. The van der Waals surface area contributed by atoms with E-state index in [0.717, 1.165) is 11.1 Å². The Morgan fingerprint density at radius 3 is 2.55 bits per heavy atom. The molecular weight excluding hydrogens is 257 g/mol. The summed E-state index contributed by atoms with van der Waals surface area (Å²) in [6, 6.07) is 11.3. The van der Waals surface area contributed by atoms with Gasteiger partial charge in [0, 0.05) is 11.6 Å². The normalized spacial score (nSPS) is 12.2. The molecule has 0 aromatic heterocycles. The standard InChI is InChI=1S/C16H18FNO2/c1-11(18-2)15-9-13(17)5-8-16(15)20-10-12-3-6-14(19)7-4-12/h3-9,11,18-19H,10H2,1-2H3. The minimum atomic E-state index is -0.279. The molecule has 0 spiro atoms. The van der Waals surface area contributed by atoms with Gasteiger partial charge in [0.25, 0.3) is 0 Å². The first-order chi connectivity index (χ1) is 9.60. The lowest BCUT2D eigenvalue weighted by molar-refractivity contribution is 0.299. The zero-order valence-electron chi connectivity index (χ0n) is 11.6. The van der Waals surface area contributed by atoms with Crippen molar-refractivity contribution >= 4 is 0 Å². The zero-order valence-corrected chi connectivity index (χ0v) is 11.6. The van der Waals surface area contributed by atoms with Crippen molar-refractivity contribution in [2.45, 2.75) is 19.6 Å². The first-order valence-corrected chi connectivity index (χ1v) is 6.47. The Balaban J connectivity index is 2.14. The molecule has 3 nitrogen and oxygen atoms in total. The molecule has 2 aromatic carbocycles. The second-order valence-electron chi connectivity index (χ2n) is 4.65. The maximum absolute atomic E-state index is 13.3. The minimum absolute atomic E-state index is 0.000479. The lowest BCUT2D eigenvalue weighted by Crippen LogP contribution is -2.14. The molecule has 0 heterocycles. The summed E-state index contributed by atoms with van der Waals surface area (Å²) in [6.07, 6.45) is 0. The molecule has 0 bridgehead atoms. The van der Waals surface area contributed by atoms with Crippen LogP contribution in [0.15, 0.2) is 42.5 Å². The van der Waals surface area contributed by atoms with E-state index >= 15 is 0 Å². The van der Waals surface area contributed by atoms with E-state index in [9.17, 15) is 9.50 Å². The zero-order chi connectivity index (χ0) is 14.5. The Morgan fingerprint density at radius 2 is 1.90 bits per heavy atom. The van der Waals surface area contributed by atoms with E-state index in [1.807, 2.05) is 14.0 Å². The van der Waals surface area contributed by atoms with Gasteiger partial charge < -0.3 is 15.2 Å². The summed E-state index contributed by atoms with van der Waals surface area (Å²) in [5.41, 5.74) is 1.72. The second kappa shape index (κ2) is 6.39. The summed E-state index contributed by atoms with van der Waals surface area (Å²) >= 11 is 0. The van der Waals surface area contributed by atoms with Crippen molar-refractivity contribution in [3.63, 3.8) is 0 Å². The monoisotopic (exact) mass is 275 g/mol. The van der Waals surface area contributed by atoms with Gasteiger partial charge in [-0.1, -0.05) is 12.1 Å². The number of ether oxygens (including phenoxy) is 1. The third-order valence-corrected chi connectivity index (χ3v) is 3.20. The van der Waals surface area contributed by atoms with Gasteiger partial charge in [-0.15, -0.1) is 0 Å². The Labute approximate surface area is 118 Å². The van der Waals surface area contributed by atoms with E-state index in [2.05, 4.69) is 5.32 Å². The van der Waals surface area contributed by atoms with Crippen LogP contribution >= 0.6 is 0 Å². The number of phenolic OH excluding ortho intramolecular Hbond substituents is 1. The predicted molar refractivity (Wildman–Crippen MR) is 76.3 cm³/mol. The van der Waals surface area contributed by atoms with Crippen molar-refractivity contribution < 1.29 is 14.2 Å². The number of benzene rings is 2. The highest BCUT2D eigenvalue weighted by Crippen LogP contribution is 2.26. The third-order valence-electron chi connectivity index (χ3n) is 3.20. The van der Waals surface area contributed by atoms with Crippen LogP contribution in [0.4, 0.5) is 4.39 Å². The predicted octanol–water partition coefficient (Wildman–Crippen LogP) is 3.39. The van der Waals surface area contributed by atoms with Crippen LogP contribution in [0, 0.1) is 5.82 Å². The average Bonchev–Trinajstić information content (AvgIpc) is 2.46. The number of aromatic hydroxyl groups is 1. The Kier molecular flexibility index (Phi) is 4.58. The number of nitrogens with one attached hydrogen (secondary N) is 1. The number of halogens is 1. The highest BCUT2D eigenvalue weighted by molar-refractivity contribution is 5.36. The van der Waals surface area contributed by atoms with Crippen molar-refractivity contribution in [1.82, 2.24) is 5.32 Å². The maximum atomic E-state index is 13.3. The summed E-state index contributed by atoms with van der Waals surface area (Å²) in [6.45, 7) is 2.32. The molecule has 0 amide bonds. The lowest BCUT2D eigenvalue weighted by Gasteiger charge is -2.16. The largest absolute Gasteiger partial charge is 0.508 e. The van der Waals surface area contributed by atoms with Crippen LogP contribution in [0.2, 0.25) is 0 Å². The van der Waals surface area contributed by atoms with Gasteiger partial charge in [-0.2, -0.15) is 0 Å². The van der Waals surface area contributed by atoms with Gasteiger partial charge in [0.05, 0.1) is 0 Å². The van der Waals surface area contributed by atoms with E-state index in [4.69, 9.17) is 4.74 Å². The van der Waals surface area contributed by atoms with E-state index in [-0.39, 0.29) is 17.6 Å². The molecule has 4 heteroatoms. The van der Waals surface area contributed by atoms with E-state index in [1.165, 1.54) is 12.1 Å². The molecule has 1 atom stereocenters.